The second-order valence-corrected chi connectivity index (χ2v) is 6.60. The van der Waals surface area contributed by atoms with E-state index in [1.54, 1.807) is 16.2 Å². The van der Waals surface area contributed by atoms with Crippen molar-refractivity contribution in [2.24, 2.45) is 0 Å². The van der Waals surface area contributed by atoms with E-state index in [1.807, 2.05) is 19.1 Å². The number of carbonyl (C=O) groups is 2. The van der Waals surface area contributed by atoms with Crippen LogP contribution in [0.2, 0.25) is 0 Å². The van der Waals surface area contributed by atoms with E-state index < -0.39 is 0 Å². The average molecular weight is 317 g/mol. The molecule has 2 amide bonds. The van der Waals surface area contributed by atoms with E-state index >= 15 is 0 Å². The molecule has 1 aliphatic heterocycles. The average Bonchev–Trinajstić information content (AvgIpc) is 2.63. The van der Waals surface area contributed by atoms with Gasteiger partial charge in [-0.3, -0.25) is 9.59 Å². The fourth-order valence-electron chi connectivity index (χ4n) is 1.82. The predicted molar refractivity (Wildman–Crippen MR) is 69.7 cm³/mol. The molecule has 0 bridgehead atoms. The molecule has 1 aromatic rings. The number of hydrogen-bond donors (Lipinski definition) is 1. The van der Waals surface area contributed by atoms with Crippen molar-refractivity contribution in [1.82, 2.24) is 10.2 Å². The Morgan fingerprint density at radius 2 is 2.29 bits per heavy atom. The third-order valence-electron chi connectivity index (χ3n) is 2.73. The van der Waals surface area contributed by atoms with Crippen LogP contribution in [0.4, 0.5) is 0 Å². The summed E-state index contributed by atoms with van der Waals surface area (Å²) in [6, 6.07) is 3.91. The molecule has 0 radical (unpaired) electrons. The maximum Gasteiger partial charge on any atom is 0.242 e. The van der Waals surface area contributed by atoms with Crippen molar-refractivity contribution in [3.05, 3.63) is 20.8 Å². The molecular formula is C11H13BrN2O2S. The lowest BCUT2D eigenvalue weighted by molar-refractivity contribution is -0.132. The minimum atomic E-state index is -0.0549. The van der Waals surface area contributed by atoms with Crippen LogP contribution in [0.15, 0.2) is 15.9 Å². The Hall–Kier alpha value is -0.880. The zero-order valence-electron chi connectivity index (χ0n) is 9.40. The molecule has 6 heteroatoms. The quantitative estimate of drug-likeness (QED) is 0.903. The number of thiophene rings is 1. The summed E-state index contributed by atoms with van der Waals surface area (Å²) in [7, 11) is 0. The lowest BCUT2D eigenvalue weighted by Crippen LogP contribution is -2.38. The van der Waals surface area contributed by atoms with Crippen LogP contribution in [0.1, 0.15) is 18.2 Å². The molecule has 1 fully saturated rings. The molecule has 4 nitrogen and oxygen atoms in total. The number of halogens is 1. The predicted octanol–water partition coefficient (Wildman–Crippen LogP) is 1.75. The standard InChI is InChI=1S/C11H13BrN2O2S/c1-7-4-10(15)13-5-11(16)14(7)6-8-2-3-9(12)17-8/h2-3,7H,4-6H2,1H3,(H,13,15). The number of hydrogen-bond acceptors (Lipinski definition) is 3. The first-order valence-electron chi connectivity index (χ1n) is 5.36. The van der Waals surface area contributed by atoms with E-state index in [9.17, 15) is 9.59 Å². The monoisotopic (exact) mass is 316 g/mol. The summed E-state index contributed by atoms with van der Waals surface area (Å²) >= 11 is 5.01. The van der Waals surface area contributed by atoms with E-state index in [2.05, 4.69) is 21.2 Å². The van der Waals surface area contributed by atoms with E-state index in [4.69, 9.17) is 0 Å². The molecule has 2 rings (SSSR count). The molecule has 1 aliphatic rings. The largest absolute Gasteiger partial charge is 0.347 e. The van der Waals surface area contributed by atoms with Crippen LogP contribution >= 0.6 is 27.3 Å². The van der Waals surface area contributed by atoms with Crippen molar-refractivity contribution in [2.45, 2.75) is 25.9 Å². The van der Waals surface area contributed by atoms with E-state index in [1.165, 1.54) is 0 Å². The van der Waals surface area contributed by atoms with Gasteiger partial charge in [0.15, 0.2) is 0 Å². The molecule has 0 spiro atoms. The molecule has 1 atom stereocenters. The van der Waals surface area contributed by atoms with Crippen LogP contribution in [0.25, 0.3) is 0 Å². The Morgan fingerprint density at radius 3 is 2.94 bits per heavy atom. The number of carbonyl (C=O) groups excluding carboxylic acids is 2. The minimum absolute atomic E-state index is 0.0205. The van der Waals surface area contributed by atoms with Gasteiger partial charge >= 0.3 is 0 Å². The number of nitrogens with zero attached hydrogens (tertiary/aromatic N) is 1. The van der Waals surface area contributed by atoms with Gasteiger partial charge in [0.05, 0.1) is 16.9 Å². The van der Waals surface area contributed by atoms with Crippen molar-refractivity contribution in [1.29, 1.82) is 0 Å². The number of nitrogens with one attached hydrogen (secondary N) is 1. The molecule has 0 aromatic carbocycles. The highest BCUT2D eigenvalue weighted by Gasteiger charge is 2.26. The number of amides is 2. The smallest absolute Gasteiger partial charge is 0.242 e. The summed E-state index contributed by atoms with van der Waals surface area (Å²) < 4.78 is 1.05. The molecule has 2 heterocycles. The molecular weight excluding hydrogens is 304 g/mol. The maximum atomic E-state index is 11.9. The van der Waals surface area contributed by atoms with Gasteiger partial charge in [0.1, 0.15) is 0 Å². The topological polar surface area (TPSA) is 49.4 Å². The van der Waals surface area contributed by atoms with Crippen LogP contribution < -0.4 is 5.32 Å². The summed E-state index contributed by atoms with van der Waals surface area (Å²) in [6.45, 7) is 2.59. The van der Waals surface area contributed by atoms with Gasteiger partial charge < -0.3 is 10.2 Å². The lowest BCUT2D eigenvalue weighted by Gasteiger charge is -2.25. The highest BCUT2D eigenvalue weighted by atomic mass is 79.9. The van der Waals surface area contributed by atoms with Gasteiger partial charge in [0.2, 0.25) is 11.8 Å². The normalized spacial score (nSPS) is 21.3. The fourth-order valence-corrected chi connectivity index (χ4v) is 3.30. The third kappa shape index (κ3) is 3.07. The highest BCUT2D eigenvalue weighted by Crippen LogP contribution is 2.24. The zero-order chi connectivity index (χ0) is 12.4. The fraction of sp³-hybridized carbons (Fsp3) is 0.455. The van der Waals surface area contributed by atoms with Crippen molar-refractivity contribution < 1.29 is 9.59 Å². The Labute approximate surface area is 112 Å². The Balaban J connectivity index is 2.12. The lowest BCUT2D eigenvalue weighted by atomic mass is 10.2. The molecule has 1 aromatic heterocycles. The molecule has 0 aliphatic carbocycles. The minimum Gasteiger partial charge on any atom is -0.347 e. The van der Waals surface area contributed by atoms with Gasteiger partial charge in [-0.05, 0) is 35.0 Å². The number of rotatable bonds is 2. The second-order valence-electron chi connectivity index (χ2n) is 4.06. The van der Waals surface area contributed by atoms with E-state index in [-0.39, 0.29) is 24.4 Å². The molecule has 17 heavy (non-hydrogen) atoms. The summed E-state index contributed by atoms with van der Waals surface area (Å²) in [5.74, 6) is -0.0754. The maximum absolute atomic E-state index is 11.9. The first-order chi connectivity index (χ1) is 8.06. The summed E-state index contributed by atoms with van der Waals surface area (Å²) in [4.78, 5) is 26.1. The summed E-state index contributed by atoms with van der Waals surface area (Å²) in [5.41, 5.74) is 0. The van der Waals surface area contributed by atoms with Gasteiger partial charge in [-0.25, -0.2) is 0 Å². The van der Waals surface area contributed by atoms with Crippen molar-refractivity contribution >= 4 is 39.1 Å². The van der Waals surface area contributed by atoms with Gasteiger partial charge in [0.25, 0.3) is 0 Å². The van der Waals surface area contributed by atoms with Crippen molar-refractivity contribution in [3.63, 3.8) is 0 Å². The van der Waals surface area contributed by atoms with Crippen molar-refractivity contribution in [2.75, 3.05) is 6.54 Å². The van der Waals surface area contributed by atoms with Crippen LogP contribution in [0, 0.1) is 0 Å². The third-order valence-corrected chi connectivity index (χ3v) is 4.33. The second kappa shape index (κ2) is 5.18. The Kier molecular flexibility index (Phi) is 3.83. The highest BCUT2D eigenvalue weighted by molar-refractivity contribution is 9.11. The summed E-state index contributed by atoms with van der Waals surface area (Å²) in [6.07, 6.45) is 0.373. The van der Waals surface area contributed by atoms with Gasteiger partial charge in [0, 0.05) is 17.3 Å². The Morgan fingerprint density at radius 1 is 1.53 bits per heavy atom. The van der Waals surface area contributed by atoms with Crippen LogP contribution in [-0.2, 0) is 16.1 Å². The van der Waals surface area contributed by atoms with Crippen LogP contribution in [-0.4, -0.2) is 29.3 Å². The Bertz CT molecular complexity index is 446. The van der Waals surface area contributed by atoms with E-state index in [0.29, 0.717) is 13.0 Å². The van der Waals surface area contributed by atoms with Gasteiger partial charge in [-0.1, -0.05) is 0 Å². The molecule has 1 saturated heterocycles. The van der Waals surface area contributed by atoms with Gasteiger partial charge in [-0.2, -0.15) is 0 Å². The van der Waals surface area contributed by atoms with Crippen LogP contribution in [0.3, 0.4) is 0 Å². The molecule has 92 valence electrons. The first-order valence-corrected chi connectivity index (χ1v) is 6.97. The van der Waals surface area contributed by atoms with Crippen LogP contribution in [0.5, 0.6) is 0 Å². The van der Waals surface area contributed by atoms with Crippen molar-refractivity contribution in [3.8, 4) is 0 Å². The molecule has 1 unspecified atom stereocenters. The first kappa shape index (κ1) is 12.6. The SMILES string of the molecule is CC1CC(=O)NCC(=O)N1Cc1ccc(Br)s1. The molecule has 1 N–H and O–H groups in total. The van der Waals surface area contributed by atoms with E-state index in [0.717, 1.165) is 8.66 Å². The summed E-state index contributed by atoms with van der Waals surface area (Å²) in [5, 5.41) is 2.61. The van der Waals surface area contributed by atoms with Gasteiger partial charge in [-0.15, -0.1) is 11.3 Å². The molecule has 0 saturated carbocycles. The zero-order valence-corrected chi connectivity index (χ0v) is 11.8.